The summed E-state index contributed by atoms with van der Waals surface area (Å²) in [4.78, 5) is 14.2. The number of anilines is 1. The molecule has 2 aromatic carbocycles. The lowest BCUT2D eigenvalue weighted by molar-refractivity contribution is 0.0680. The molecule has 1 aliphatic heterocycles. The van der Waals surface area contributed by atoms with Gasteiger partial charge in [-0.25, -0.2) is 14.6 Å². The van der Waals surface area contributed by atoms with E-state index in [9.17, 15) is 0 Å². The lowest BCUT2D eigenvalue weighted by Crippen LogP contribution is -2.51. The van der Waals surface area contributed by atoms with Crippen molar-refractivity contribution in [3.05, 3.63) is 71.6 Å². The number of rotatable bonds is 8. The fraction of sp³-hybridized carbons (Fsp3) is 0.424. The predicted molar refractivity (Wildman–Crippen MR) is 172 cm³/mol. The highest BCUT2D eigenvalue weighted by Gasteiger charge is 2.31. The Morgan fingerprint density at radius 3 is 2.51 bits per heavy atom. The van der Waals surface area contributed by atoms with Crippen LogP contribution in [0.4, 0.5) is 5.82 Å². The summed E-state index contributed by atoms with van der Waals surface area (Å²) in [6.45, 7) is 6.40. The Morgan fingerprint density at radius 2 is 1.72 bits per heavy atom. The summed E-state index contributed by atoms with van der Waals surface area (Å²) >= 11 is 6.44. The Bertz CT molecular complexity index is 1720. The van der Waals surface area contributed by atoms with E-state index in [1.54, 1.807) is 6.33 Å². The van der Waals surface area contributed by atoms with Crippen molar-refractivity contribution in [1.29, 1.82) is 0 Å². The molecule has 9 nitrogen and oxygen atoms in total. The molecule has 0 atom stereocenters. The molecule has 3 aromatic heterocycles. The maximum absolute atomic E-state index is 9.15. The van der Waals surface area contributed by atoms with Crippen molar-refractivity contribution >= 4 is 39.4 Å². The fourth-order valence-electron chi connectivity index (χ4n) is 7.06. The van der Waals surface area contributed by atoms with Crippen LogP contribution in [0.1, 0.15) is 43.7 Å². The van der Waals surface area contributed by atoms with E-state index in [0.717, 1.165) is 109 Å². The molecule has 2 aliphatic rings. The van der Waals surface area contributed by atoms with Crippen LogP contribution in [-0.2, 0) is 6.54 Å². The minimum absolute atomic E-state index is 0.275. The van der Waals surface area contributed by atoms with E-state index >= 15 is 0 Å². The number of hydrogen-bond acceptors (Lipinski definition) is 7. The zero-order valence-corrected chi connectivity index (χ0v) is 25.2. The van der Waals surface area contributed by atoms with Crippen LogP contribution < -0.4 is 5.73 Å². The summed E-state index contributed by atoms with van der Waals surface area (Å²) in [6.07, 6.45) is 8.98. The van der Waals surface area contributed by atoms with Crippen LogP contribution in [0.15, 0.2) is 61.1 Å². The number of nitrogens with two attached hydrogens (primary N) is 1. The molecule has 7 rings (SSSR count). The van der Waals surface area contributed by atoms with Gasteiger partial charge in [0.2, 0.25) is 0 Å². The zero-order chi connectivity index (χ0) is 29.3. The van der Waals surface area contributed by atoms with Crippen LogP contribution in [0.3, 0.4) is 0 Å². The van der Waals surface area contributed by atoms with E-state index in [1.807, 2.05) is 18.2 Å². The van der Waals surface area contributed by atoms with E-state index in [2.05, 4.69) is 65.5 Å². The third kappa shape index (κ3) is 5.62. The number of aromatic nitrogens is 5. The molecule has 0 bridgehead atoms. The Balaban J connectivity index is 1.11. The van der Waals surface area contributed by atoms with Gasteiger partial charge in [0.25, 0.3) is 0 Å². The number of benzene rings is 2. The molecule has 4 heterocycles. The summed E-state index contributed by atoms with van der Waals surface area (Å²) < 4.78 is 4.35. The van der Waals surface area contributed by atoms with Gasteiger partial charge in [-0.15, -0.1) is 0 Å². The second-order valence-electron chi connectivity index (χ2n) is 12.0. The van der Waals surface area contributed by atoms with E-state index in [4.69, 9.17) is 27.5 Å². The summed E-state index contributed by atoms with van der Waals surface area (Å²) in [5.74, 6) is 0.468. The highest BCUT2D eigenvalue weighted by Crippen LogP contribution is 2.38. The maximum Gasteiger partial charge on any atom is 0.164 e. The van der Waals surface area contributed by atoms with Crippen molar-refractivity contribution in [3.8, 4) is 11.3 Å². The summed E-state index contributed by atoms with van der Waals surface area (Å²) in [5.41, 5.74) is 11.4. The van der Waals surface area contributed by atoms with Gasteiger partial charge in [-0.2, -0.15) is 5.10 Å². The molecule has 0 spiro atoms. The molecule has 2 fully saturated rings. The van der Waals surface area contributed by atoms with Crippen molar-refractivity contribution < 1.29 is 5.11 Å². The van der Waals surface area contributed by atoms with Crippen molar-refractivity contribution in [2.75, 3.05) is 45.1 Å². The van der Waals surface area contributed by atoms with Crippen LogP contribution in [0, 0.1) is 0 Å². The Morgan fingerprint density at radius 1 is 0.930 bits per heavy atom. The van der Waals surface area contributed by atoms with Gasteiger partial charge in [-0.1, -0.05) is 35.9 Å². The molecule has 1 saturated carbocycles. The lowest BCUT2D eigenvalue weighted by Gasteiger charge is -2.42. The SMILES string of the molecule is Nc1ncnc2c1c(-c1ccc3c(ccn3Cc3ccccc3Cl)c1)nn2C1CCC(N2CCN(CCCO)CC2)CC1. The molecule has 3 N–H and O–H groups in total. The molecule has 0 radical (unpaired) electrons. The first-order valence-electron chi connectivity index (χ1n) is 15.5. The molecule has 43 heavy (non-hydrogen) atoms. The van der Waals surface area contributed by atoms with Crippen molar-refractivity contribution in [2.24, 2.45) is 0 Å². The van der Waals surface area contributed by atoms with Crippen LogP contribution in [0.25, 0.3) is 33.2 Å². The second-order valence-corrected chi connectivity index (χ2v) is 12.4. The number of nitrogen functional groups attached to an aromatic ring is 1. The number of fused-ring (bicyclic) bond motifs is 2. The molecular weight excluding hydrogens is 560 g/mol. The van der Waals surface area contributed by atoms with E-state index in [1.165, 1.54) is 0 Å². The van der Waals surface area contributed by atoms with Crippen LogP contribution in [-0.4, -0.2) is 84.6 Å². The number of halogens is 1. The van der Waals surface area contributed by atoms with Gasteiger partial charge in [0.1, 0.15) is 17.8 Å². The topological polar surface area (TPSA) is 101 Å². The van der Waals surface area contributed by atoms with E-state index in [-0.39, 0.29) is 12.6 Å². The minimum atomic E-state index is 0.275. The van der Waals surface area contributed by atoms with Gasteiger partial charge in [0.05, 0.1) is 11.4 Å². The van der Waals surface area contributed by atoms with Crippen LogP contribution >= 0.6 is 11.6 Å². The number of nitrogens with zero attached hydrogens (tertiary/aromatic N) is 7. The smallest absolute Gasteiger partial charge is 0.164 e. The summed E-state index contributed by atoms with van der Waals surface area (Å²) in [7, 11) is 0. The highest BCUT2D eigenvalue weighted by atomic mass is 35.5. The average Bonchev–Trinajstić information content (AvgIpc) is 3.63. The molecule has 0 unspecified atom stereocenters. The zero-order valence-electron chi connectivity index (χ0n) is 24.4. The first kappa shape index (κ1) is 28.3. The van der Waals surface area contributed by atoms with Crippen molar-refractivity contribution in [1.82, 2.24) is 34.1 Å². The predicted octanol–water partition coefficient (Wildman–Crippen LogP) is 5.22. The summed E-state index contributed by atoms with van der Waals surface area (Å²) in [6, 6.07) is 17.5. The van der Waals surface area contributed by atoms with Gasteiger partial charge in [-0.05, 0) is 61.9 Å². The van der Waals surface area contributed by atoms with Gasteiger partial charge < -0.3 is 20.3 Å². The first-order valence-corrected chi connectivity index (χ1v) is 15.9. The number of aliphatic hydroxyl groups excluding tert-OH is 1. The third-order valence-electron chi connectivity index (χ3n) is 9.43. The van der Waals surface area contributed by atoms with Gasteiger partial charge >= 0.3 is 0 Å². The third-order valence-corrected chi connectivity index (χ3v) is 9.80. The fourth-order valence-corrected chi connectivity index (χ4v) is 7.26. The number of aliphatic hydroxyl groups is 1. The molecule has 10 heteroatoms. The van der Waals surface area contributed by atoms with Gasteiger partial charge in [0.15, 0.2) is 5.65 Å². The molecular formula is C33H39ClN8O. The standard InChI is InChI=1S/C33H39ClN8O/c34-28-5-2-1-4-25(28)21-41-14-12-23-20-24(6-11-29(23)41)31-30-32(35)36-22-37-33(30)42(38-31)27-9-7-26(8-10-27)40-17-15-39(16-18-40)13-3-19-43/h1-2,4-6,11-12,14,20,22,26-27,43H,3,7-10,13,15-19,21H2,(H2,35,36,37). The molecule has 1 saturated heterocycles. The Kier molecular flexibility index (Phi) is 8.05. The highest BCUT2D eigenvalue weighted by molar-refractivity contribution is 6.31. The van der Waals surface area contributed by atoms with Crippen LogP contribution in [0.2, 0.25) is 5.02 Å². The first-order chi connectivity index (χ1) is 21.1. The quantitative estimate of drug-likeness (QED) is 0.253. The van der Waals surface area contributed by atoms with E-state index < -0.39 is 0 Å². The minimum Gasteiger partial charge on any atom is -0.396 e. The van der Waals surface area contributed by atoms with Crippen LogP contribution in [0.5, 0.6) is 0 Å². The van der Waals surface area contributed by atoms with Crippen molar-refractivity contribution in [2.45, 2.75) is 50.7 Å². The van der Waals surface area contributed by atoms with Crippen molar-refractivity contribution in [3.63, 3.8) is 0 Å². The van der Waals surface area contributed by atoms with E-state index in [0.29, 0.717) is 18.4 Å². The average molecular weight is 599 g/mol. The summed E-state index contributed by atoms with van der Waals surface area (Å²) in [5, 5.41) is 17.1. The van der Waals surface area contributed by atoms with Gasteiger partial charge in [-0.3, -0.25) is 4.90 Å². The molecule has 0 amide bonds. The largest absolute Gasteiger partial charge is 0.396 e. The second kappa shape index (κ2) is 12.2. The molecule has 224 valence electrons. The molecule has 5 aromatic rings. The number of piperazine rings is 1. The van der Waals surface area contributed by atoms with Gasteiger partial charge in [0, 0.05) is 79.6 Å². The Hall–Kier alpha value is -3.50. The monoisotopic (exact) mass is 598 g/mol. The number of hydrogen-bond donors (Lipinski definition) is 2. The lowest BCUT2D eigenvalue weighted by atomic mass is 9.90. The normalized spacial score (nSPS) is 20.3. The molecule has 1 aliphatic carbocycles. The maximum atomic E-state index is 9.15. The Labute approximate surface area is 256 Å².